The zero-order valence-electron chi connectivity index (χ0n) is 12.1. The molecule has 1 aliphatic rings. The molecule has 0 unspecified atom stereocenters. The molecule has 0 aliphatic heterocycles. The predicted octanol–water partition coefficient (Wildman–Crippen LogP) is 6.33. The second kappa shape index (κ2) is 6.70. The van der Waals surface area contributed by atoms with E-state index in [4.69, 9.17) is 4.74 Å². The van der Waals surface area contributed by atoms with E-state index in [1.807, 2.05) is 0 Å². The Morgan fingerprint density at radius 2 is 1.76 bits per heavy atom. The molecule has 0 atom stereocenters. The summed E-state index contributed by atoms with van der Waals surface area (Å²) in [6.45, 7) is 0.801. The third-order valence-corrected chi connectivity index (χ3v) is 6.57. The molecule has 1 aliphatic carbocycles. The summed E-state index contributed by atoms with van der Waals surface area (Å²) in [7, 11) is 0. The van der Waals surface area contributed by atoms with Crippen molar-refractivity contribution in [2.24, 2.45) is 5.41 Å². The monoisotopic (exact) mass is 410 g/mol. The Labute approximate surface area is 143 Å². The van der Waals surface area contributed by atoms with Gasteiger partial charge in [0, 0.05) is 10.7 Å². The van der Waals surface area contributed by atoms with Crippen molar-refractivity contribution in [3.63, 3.8) is 0 Å². The summed E-state index contributed by atoms with van der Waals surface area (Å²) in [4.78, 5) is 0. The summed E-state index contributed by atoms with van der Waals surface area (Å²) in [5.41, 5.74) is 0.309. The fourth-order valence-electron chi connectivity index (χ4n) is 3.17. The van der Waals surface area contributed by atoms with E-state index in [1.54, 1.807) is 0 Å². The minimum Gasteiger partial charge on any atom is -0.492 e. The van der Waals surface area contributed by atoms with Gasteiger partial charge in [-0.3, -0.25) is 0 Å². The van der Waals surface area contributed by atoms with Crippen LogP contribution in [0.1, 0.15) is 32.1 Å². The van der Waals surface area contributed by atoms with Crippen LogP contribution in [0.3, 0.4) is 0 Å². The first-order valence-corrected chi connectivity index (χ1v) is 9.52. The Balaban J connectivity index is 1.80. The molecule has 3 heteroatoms. The molecule has 0 aromatic heterocycles. The maximum atomic E-state index is 6.20. The van der Waals surface area contributed by atoms with E-state index in [1.165, 1.54) is 42.9 Å². The fourth-order valence-corrected chi connectivity index (χ4v) is 4.50. The van der Waals surface area contributed by atoms with Crippen LogP contribution in [0.15, 0.2) is 40.9 Å². The summed E-state index contributed by atoms with van der Waals surface area (Å²) in [5.74, 6) is 0.958. The van der Waals surface area contributed by atoms with Gasteiger partial charge in [0.25, 0.3) is 0 Å². The molecule has 3 rings (SSSR count). The van der Waals surface area contributed by atoms with Crippen LogP contribution in [-0.4, -0.2) is 11.9 Å². The van der Waals surface area contributed by atoms with Gasteiger partial charge in [-0.15, -0.1) is 0 Å². The van der Waals surface area contributed by atoms with E-state index < -0.39 is 0 Å². The van der Waals surface area contributed by atoms with E-state index in [0.717, 1.165) is 22.2 Å². The Hall–Kier alpha value is -0.540. The first-order chi connectivity index (χ1) is 10.2. The van der Waals surface area contributed by atoms with Gasteiger partial charge in [-0.25, -0.2) is 0 Å². The Morgan fingerprint density at radius 3 is 2.52 bits per heavy atom. The Morgan fingerprint density at radius 1 is 1.00 bits per heavy atom. The molecule has 0 bridgehead atoms. The highest BCUT2D eigenvalue weighted by atomic mass is 79.9. The number of rotatable bonds is 4. The van der Waals surface area contributed by atoms with E-state index in [9.17, 15) is 0 Å². The number of halogens is 2. The SMILES string of the molecule is BrCC1(COc2ccc3ccccc3c2Br)CCCCC1. The molecule has 21 heavy (non-hydrogen) atoms. The number of hydrogen-bond donors (Lipinski definition) is 0. The normalized spacial score (nSPS) is 17.8. The van der Waals surface area contributed by atoms with Crippen LogP contribution in [0.2, 0.25) is 0 Å². The van der Waals surface area contributed by atoms with Crippen molar-refractivity contribution < 1.29 is 4.74 Å². The van der Waals surface area contributed by atoms with Gasteiger partial charge < -0.3 is 4.74 Å². The van der Waals surface area contributed by atoms with Crippen molar-refractivity contribution in [2.75, 3.05) is 11.9 Å². The second-order valence-electron chi connectivity index (χ2n) is 6.08. The molecule has 1 saturated carbocycles. The zero-order chi connectivity index (χ0) is 14.7. The Bertz CT molecular complexity index is 618. The van der Waals surface area contributed by atoms with Gasteiger partial charge in [-0.2, -0.15) is 0 Å². The molecule has 0 radical (unpaired) electrons. The fraction of sp³-hybridized carbons (Fsp3) is 0.444. The van der Waals surface area contributed by atoms with Crippen molar-refractivity contribution in [2.45, 2.75) is 32.1 Å². The summed E-state index contributed by atoms with van der Waals surface area (Å²) in [5, 5.41) is 3.49. The lowest BCUT2D eigenvalue weighted by Gasteiger charge is -2.35. The van der Waals surface area contributed by atoms with Crippen LogP contribution < -0.4 is 4.74 Å². The van der Waals surface area contributed by atoms with Crippen molar-refractivity contribution in [1.82, 2.24) is 0 Å². The molecule has 0 amide bonds. The lowest BCUT2D eigenvalue weighted by molar-refractivity contribution is 0.121. The molecular weight excluding hydrogens is 392 g/mol. The molecule has 1 nitrogen and oxygen atoms in total. The summed E-state index contributed by atoms with van der Waals surface area (Å²) in [6, 6.07) is 12.6. The lowest BCUT2D eigenvalue weighted by Crippen LogP contribution is -2.32. The zero-order valence-corrected chi connectivity index (χ0v) is 15.3. The first kappa shape index (κ1) is 15.4. The van der Waals surface area contributed by atoms with Gasteiger partial charge in [-0.1, -0.05) is 65.5 Å². The average molecular weight is 412 g/mol. The third kappa shape index (κ3) is 3.29. The van der Waals surface area contributed by atoms with Crippen LogP contribution in [0.25, 0.3) is 10.8 Å². The maximum absolute atomic E-state index is 6.20. The molecule has 112 valence electrons. The number of hydrogen-bond acceptors (Lipinski definition) is 1. The summed E-state index contributed by atoms with van der Waals surface area (Å²) >= 11 is 7.42. The molecule has 1 fully saturated rings. The van der Waals surface area contributed by atoms with Crippen molar-refractivity contribution in [1.29, 1.82) is 0 Å². The molecule has 2 aromatic rings. The summed E-state index contributed by atoms with van der Waals surface area (Å²) < 4.78 is 7.27. The smallest absolute Gasteiger partial charge is 0.134 e. The number of benzene rings is 2. The van der Waals surface area contributed by atoms with Gasteiger partial charge in [0.15, 0.2) is 0 Å². The van der Waals surface area contributed by atoms with Gasteiger partial charge in [0.05, 0.1) is 11.1 Å². The molecule has 0 heterocycles. The van der Waals surface area contributed by atoms with Gasteiger partial charge in [-0.05, 0) is 45.6 Å². The van der Waals surface area contributed by atoms with E-state index in [-0.39, 0.29) is 0 Å². The van der Waals surface area contributed by atoms with Crippen LogP contribution in [-0.2, 0) is 0 Å². The number of ether oxygens (including phenoxy) is 1. The van der Waals surface area contributed by atoms with Gasteiger partial charge >= 0.3 is 0 Å². The molecule has 2 aromatic carbocycles. The lowest BCUT2D eigenvalue weighted by atomic mass is 9.76. The quantitative estimate of drug-likeness (QED) is 0.534. The van der Waals surface area contributed by atoms with Crippen molar-refractivity contribution >= 4 is 42.6 Å². The molecule has 0 saturated heterocycles. The third-order valence-electron chi connectivity index (χ3n) is 4.56. The second-order valence-corrected chi connectivity index (χ2v) is 7.44. The first-order valence-electron chi connectivity index (χ1n) is 7.60. The van der Waals surface area contributed by atoms with Crippen molar-refractivity contribution in [3.05, 3.63) is 40.9 Å². The van der Waals surface area contributed by atoms with Gasteiger partial charge in [0.1, 0.15) is 5.75 Å². The van der Waals surface area contributed by atoms with E-state index in [0.29, 0.717) is 5.41 Å². The number of fused-ring (bicyclic) bond motifs is 1. The summed E-state index contributed by atoms with van der Waals surface area (Å²) in [6.07, 6.45) is 6.56. The highest BCUT2D eigenvalue weighted by molar-refractivity contribution is 9.10. The van der Waals surface area contributed by atoms with Gasteiger partial charge in [0.2, 0.25) is 0 Å². The van der Waals surface area contributed by atoms with Crippen LogP contribution in [0.4, 0.5) is 0 Å². The highest BCUT2D eigenvalue weighted by Crippen LogP contribution is 2.40. The van der Waals surface area contributed by atoms with Crippen LogP contribution >= 0.6 is 31.9 Å². The highest BCUT2D eigenvalue weighted by Gasteiger charge is 2.32. The average Bonchev–Trinajstić information content (AvgIpc) is 2.55. The maximum Gasteiger partial charge on any atom is 0.134 e. The topological polar surface area (TPSA) is 9.23 Å². The minimum absolute atomic E-state index is 0.309. The van der Waals surface area contributed by atoms with E-state index >= 15 is 0 Å². The Kier molecular flexibility index (Phi) is 4.90. The largest absolute Gasteiger partial charge is 0.492 e. The standard InChI is InChI=1S/C18H20Br2O/c19-12-18(10-4-1-5-11-18)13-21-16-9-8-14-6-2-3-7-15(14)17(16)20/h2-3,6-9H,1,4-5,10-13H2. The molecule has 0 N–H and O–H groups in total. The number of alkyl halides is 1. The van der Waals surface area contributed by atoms with E-state index in [2.05, 4.69) is 68.3 Å². The minimum atomic E-state index is 0.309. The predicted molar refractivity (Wildman–Crippen MR) is 96.5 cm³/mol. The molecule has 0 spiro atoms. The van der Waals surface area contributed by atoms with Crippen molar-refractivity contribution in [3.8, 4) is 5.75 Å². The molecular formula is C18H20Br2O. The van der Waals surface area contributed by atoms with Crippen LogP contribution in [0.5, 0.6) is 5.75 Å². The van der Waals surface area contributed by atoms with Crippen LogP contribution in [0, 0.1) is 5.41 Å².